The van der Waals surface area contributed by atoms with Crippen LogP contribution in [0.2, 0.25) is 0 Å². The van der Waals surface area contributed by atoms with Crippen LogP contribution in [-0.4, -0.2) is 22.6 Å². The number of hydrogen-bond donors (Lipinski definition) is 1. The Kier molecular flexibility index (Phi) is 5.15. The highest BCUT2D eigenvalue weighted by Gasteiger charge is 2.72. The van der Waals surface area contributed by atoms with Crippen molar-refractivity contribution in [2.45, 2.75) is 92.9 Å². The van der Waals surface area contributed by atoms with Crippen molar-refractivity contribution in [1.29, 1.82) is 5.26 Å². The van der Waals surface area contributed by atoms with Crippen LogP contribution in [0, 0.1) is 68.0 Å². The zero-order valence-electron chi connectivity index (χ0n) is 22.2. The summed E-state index contributed by atoms with van der Waals surface area (Å²) in [5.41, 5.74) is -2.03. The van der Waals surface area contributed by atoms with Gasteiger partial charge in [0.1, 0.15) is 11.9 Å². The van der Waals surface area contributed by atoms with Gasteiger partial charge in [0.2, 0.25) is 0 Å². The van der Waals surface area contributed by atoms with Gasteiger partial charge in [-0.15, -0.1) is 0 Å². The number of carbonyl (C=O) groups is 3. The minimum atomic E-state index is -0.774. The van der Waals surface area contributed by atoms with Crippen LogP contribution in [0.3, 0.4) is 0 Å². The summed E-state index contributed by atoms with van der Waals surface area (Å²) in [6.07, 6.45) is 7.99. The molecule has 4 fully saturated rings. The van der Waals surface area contributed by atoms with E-state index in [4.69, 9.17) is 0 Å². The summed E-state index contributed by atoms with van der Waals surface area (Å²) >= 11 is 0. The first-order valence-corrected chi connectivity index (χ1v) is 13.6. The molecule has 35 heavy (non-hydrogen) atoms. The molecule has 0 saturated heterocycles. The fourth-order valence-corrected chi connectivity index (χ4v) is 10.5. The maximum atomic E-state index is 14.2. The van der Waals surface area contributed by atoms with Crippen molar-refractivity contribution in [3.05, 3.63) is 11.6 Å². The first kappa shape index (κ1) is 24.7. The largest absolute Gasteiger partial charge is 0.481 e. The third kappa shape index (κ3) is 2.83. The number of hydrogen-bond acceptors (Lipinski definition) is 4. The van der Waals surface area contributed by atoms with Crippen molar-refractivity contribution in [2.75, 3.05) is 0 Å². The molecule has 0 heterocycles. The third-order valence-corrected chi connectivity index (χ3v) is 12.6. The molecule has 9 unspecified atom stereocenters. The molecule has 5 rings (SSSR count). The molecule has 0 aliphatic heterocycles. The molecule has 4 saturated carbocycles. The Labute approximate surface area is 209 Å². The van der Waals surface area contributed by atoms with Crippen molar-refractivity contribution in [3.63, 3.8) is 0 Å². The highest BCUT2D eigenvalue weighted by molar-refractivity contribution is 6.04. The quantitative estimate of drug-likeness (QED) is 0.499. The maximum absolute atomic E-state index is 14.2. The Bertz CT molecular complexity index is 1080. The molecule has 5 nitrogen and oxygen atoms in total. The van der Waals surface area contributed by atoms with Gasteiger partial charge in [0, 0.05) is 17.8 Å². The normalized spacial score (nSPS) is 50.5. The van der Waals surface area contributed by atoms with Crippen LogP contribution in [0.25, 0.3) is 0 Å². The van der Waals surface area contributed by atoms with Crippen LogP contribution in [0.5, 0.6) is 0 Å². The Morgan fingerprint density at radius 1 is 1.00 bits per heavy atom. The number of aliphatic carboxylic acids is 1. The molecular weight excluding hydrogens is 438 g/mol. The van der Waals surface area contributed by atoms with Crippen LogP contribution < -0.4 is 0 Å². The van der Waals surface area contributed by atoms with Gasteiger partial charge in [-0.25, -0.2) is 0 Å². The third-order valence-electron chi connectivity index (χ3n) is 12.6. The number of nitriles is 1. The summed E-state index contributed by atoms with van der Waals surface area (Å²) < 4.78 is 0. The predicted molar refractivity (Wildman–Crippen MR) is 132 cm³/mol. The van der Waals surface area contributed by atoms with E-state index in [2.05, 4.69) is 33.8 Å². The van der Waals surface area contributed by atoms with E-state index in [0.29, 0.717) is 25.2 Å². The zero-order valence-corrected chi connectivity index (χ0v) is 22.2. The van der Waals surface area contributed by atoms with Crippen molar-refractivity contribution in [3.8, 4) is 6.07 Å². The lowest BCUT2D eigenvalue weighted by molar-refractivity contribution is -0.223. The first-order chi connectivity index (χ1) is 16.2. The number of carboxylic acid groups (broad SMARTS) is 1. The topological polar surface area (TPSA) is 95.2 Å². The molecule has 0 aromatic heterocycles. The molecule has 0 radical (unpaired) electrons. The molecule has 9 atom stereocenters. The summed E-state index contributed by atoms with van der Waals surface area (Å²) in [5.74, 6) is -0.324. The number of nitrogens with zero attached hydrogens (tertiary/aromatic N) is 1. The van der Waals surface area contributed by atoms with E-state index in [-0.39, 0.29) is 51.6 Å². The molecule has 5 aliphatic carbocycles. The van der Waals surface area contributed by atoms with Crippen LogP contribution in [0.1, 0.15) is 92.9 Å². The molecule has 0 spiro atoms. The van der Waals surface area contributed by atoms with E-state index in [1.54, 1.807) is 0 Å². The van der Waals surface area contributed by atoms with Gasteiger partial charge in [-0.1, -0.05) is 47.6 Å². The van der Waals surface area contributed by atoms with Crippen LogP contribution >= 0.6 is 0 Å². The van der Waals surface area contributed by atoms with Crippen molar-refractivity contribution < 1.29 is 19.5 Å². The number of allylic oxidation sites excluding steroid dienone is 2. The smallest absolute Gasteiger partial charge is 0.309 e. The summed E-state index contributed by atoms with van der Waals surface area (Å²) in [6, 6.07) is 2.17. The first-order valence-electron chi connectivity index (χ1n) is 13.6. The average molecular weight is 480 g/mol. The summed E-state index contributed by atoms with van der Waals surface area (Å²) in [4.78, 5) is 40.0. The Hall–Kier alpha value is -1.96. The van der Waals surface area contributed by atoms with E-state index in [1.807, 2.05) is 19.9 Å². The second kappa shape index (κ2) is 7.30. The van der Waals surface area contributed by atoms with Gasteiger partial charge in [-0.3, -0.25) is 14.4 Å². The monoisotopic (exact) mass is 479 g/mol. The molecule has 190 valence electrons. The molecule has 5 aliphatic rings. The Morgan fingerprint density at radius 2 is 1.69 bits per heavy atom. The summed E-state index contributed by atoms with van der Waals surface area (Å²) in [5, 5.41) is 20.2. The van der Waals surface area contributed by atoms with E-state index >= 15 is 0 Å². The highest BCUT2D eigenvalue weighted by atomic mass is 16.4. The van der Waals surface area contributed by atoms with Gasteiger partial charge in [0.05, 0.1) is 11.0 Å². The highest BCUT2D eigenvalue weighted by Crippen LogP contribution is 2.75. The number of fused-ring (bicyclic) bond motifs is 7. The molecule has 5 heteroatoms. The number of ketones is 2. The van der Waals surface area contributed by atoms with Crippen molar-refractivity contribution >= 4 is 17.5 Å². The summed E-state index contributed by atoms with van der Waals surface area (Å²) in [6.45, 7) is 13.0. The molecular formula is C30H41NO4. The van der Waals surface area contributed by atoms with Crippen LogP contribution in [0.4, 0.5) is 0 Å². The van der Waals surface area contributed by atoms with E-state index in [9.17, 15) is 24.8 Å². The van der Waals surface area contributed by atoms with Gasteiger partial charge in [-0.2, -0.15) is 5.26 Å². The Morgan fingerprint density at radius 3 is 2.31 bits per heavy atom. The maximum Gasteiger partial charge on any atom is 0.309 e. The fourth-order valence-electron chi connectivity index (χ4n) is 10.5. The number of carbonyl (C=O) groups excluding carboxylic acids is 2. The van der Waals surface area contributed by atoms with Gasteiger partial charge >= 0.3 is 5.97 Å². The van der Waals surface area contributed by atoms with Gasteiger partial charge in [0.15, 0.2) is 5.78 Å². The molecule has 0 aromatic rings. The van der Waals surface area contributed by atoms with E-state index in [1.165, 1.54) is 0 Å². The minimum absolute atomic E-state index is 0.0385. The lowest BCUT2D eigenvalue weighted by atomic mass is 9.32. The second-order valence-electron chi connectivity index (χ2n) is 14.2. The van der Waals surface area contributed by atoms with E-state index in [0.717, 1.165) is 32.1 Å². The lowest BCUT2D eigenvalue weighted by Crippen LogP contribution is -2.69. The van der Waals surface area contributed by atoms with Gasteiger partial charge in [-0.05, 0) is 84.9 Å². The molecule has 1 N–H and O–H groups in total. The SMILES string of the molecule is CC1CCC2(C(=O)O)CCC3(C)C(C(=O)CC4C5(C)C=C(C#N)C(=O)C(C)(C)C5CCC43C)C2C1. The van der Waals surface area contributed by atoms with Crippen molar-refractivity contribution in [2.24, 2.45) is 56.7 Å². The van der Waals surface area contributed by atoms with Crippen LogP contribution in [-0.2, 0) is 14.4 Å². The number of rotatable bonds is 1. The predicted octanol–water partition coefficient (Wildman–Crippen LogP) is 5.98. The number of carboxylic acids is 1. The average Bonchev–Trinajstić information content (AvgIpc) is 2.78. The second-order valence-corrected chi connectivity index (χ2v) is 14.2. The van der Waals surface area contributed by atoms with Crippen LogP contribution in [0.15, 0.2) is 11.6 Å². The summed E-state index contributed by atoms with van der Waals surface area (Å²) in [7, 11) is 0. The minimum Gasteiger partial charge on any atom is -0.481 e. The van der Waals surface area contributed by atoms with Crippen molar-refractivity contribution in [1.82, 2.24) is 0 Å². The molecule has 0 aromatic carbocycles. The lowest BCUT2D eigenvalue weighted by Gasteiger charge is -2.71. The Balaban J connectivity index is 1.64. The van der Waals surface area contributed by atoms with Gasteiger partial charge < -0.3 is 5.11 Å². The van der Waals surface area contributed by atoms with E-state index < -0.39 is 22.2 Å². The number of Topliss-reactive ketones (excluding diaryl/α,β-unsaturated/α-hetero) is 2. The van der Waals surface area contributed by atoms with Gasteiger partial charge in [0.25, 0.3) is 0 Å². The standard InChI is InChI=1S/C30H41NO4/c1-17-7-10-30(25(34)35)12-11-29(6)23(19(30)13-17)20(32)14-22-27(4)15-18(16-31)24(33)26(2,3)21(27)8-9-28(22,29)5/h15,17,19,21-23H,7-14H2,1-6H3,(H,34,35). The fraction of sp³-hybridized carbons (Fsp3) is 0.800. The molecule has 0 bridgehead atoms. The zero-order chi connectivity index (χ0) is 25.8. The molecule has 0 amide bonds.